The second kappa shape index (κ2) is 4.70. The molecule has 1 aliphatic rings. The van der Waals surface area contributed by atoms with Crippen molar-refractivity contribution in [3.05, 3.63) is 17.8 Å². The molecule has 0 aliphatic carbocycles. The highest BCUT2D eigenvalue weighted by atomic mass is 32.2. The fourth-order valence-electron chi connectivity index (χ4n) is 1.31. The van der Waals surface area contributed by atoms with E-state index >= 15 is 0 Å². The molecule has 1 aliphatic heterocycles. The minimum absolute atomic E-state index is 0.518. The van der Waals surface area contributed by atoms with Gasteiger partial charge < -0.3 is 9.73 Å². The molecular weight excluding hydrogens is 210 g/mol. The summed E-state index contributed by atoms with van der Waals surface area (Å²) in [7, 11) is 0. The monoisotopic (exact) mass is 225 g/mol. The summed E-state index contributed by atoms with van der Waals surface area (Å²) >= 11 is 1.75. The first-order valence-electron chi connectivity index (χ1n) is 5.15. The van der Waals surface area contributed by atoms with Gasteiger partial charge in [-0.3, -0.25) is 4.99 Å². The third kappa shape index (κ3) is 2.75. The van der Waals surface area contributed by atoms with Crippen LogP contribution in [0.4, 0.5) is 0 Å². The minimum atomic E-state index is 0.518. The lowest BCUT2D eigenvalue weighted by Gasteiger charge is -1.99. The van der Waals surface area contributed by atoms with Gasteiger partial charge in [0.1, 0.15) is 12.3 Å². The first kappa shape index (κ1) is 10.5. The maximum Gasteiger partial charge on any atom is 0.216 e. The van der Waals surface area contributed by atoms with Crippen molar-refractivity contribution in [2.75, 3.05) is 5.75 Å². The van der Waals surface area contributed by atoms with E-state index in [0.717, 1.165) is 23.1 Å². The van der Waals surface area contributed by atoms with Crippen LogP contribution in [0.1, 0.15) is 25.5 Å². The van der Waals surface area contributed by atoms with E-state index in [4.69, 9.17) is 4.42 Å². The van der Waals surface area contributed by atoms with Crippen LogP contribution in [0.5, 0.6) is 0 Å². The Morgan fingerprint density at radius 3 is 3.20 bits per heavy atom. The van der Waals surface area contributed by atoms with E-state index in [-0.39, 0.29) is 0 Å². The minimum Gasteiger partial charge on any atom is -0.444 e. The van der Waals surface area contributed by atoms with E-state index in [2.05, 4.69) is 22.2 Å². The van der Waals surface area contributed by atoms with Crippen LogP contribution < -0.4 is 5.32 Å². The lowest BCUT2D eigenvalue weighted by Crippen LogP contribution is -2.23. The number of thioether (sulfide) groups is 1. The number of hydrogen-bond acceptors (Lipinski definition) is 4. The van der Waals surface area contributed by atoms with E-state index in [9.17, 15) is 0 Å². The topological polar surface area (TPSA) is 50.4 Å². The van der Waals surface area contributed by atoms with Crippen molar-refractivity contribution in [3.8, 4) is 0 Å². The Labute approximate surface area is 93.6 Å². The van der Waals surface area contributed by atoms with Crippen LogP contribution >= 0.6 is 11.8 Å². The van der Waals surface area contributed by atoms with Crippen molar-refractivity contribution < 1.29 is 4.42 Å². The number of oxazole rings is 1. The maximum absolute atomic E-state index is 5.46. The van der Waals surface area contributed by atoms with Crippen molar-refractivity contribution in [1.82, 2.24) is 10.3 Å². The highest BCUT2D eigenvalue weighted by Crippen LogP contribution is 2.14. The summed E-state index contributed by atoms with van der Waals surface area (Å²) in [6, 6.07) is 0.518. The van der Waals surface area contributed by atoms with Crippen LogP contribution in [0.15, 0.2) is 15.6 Å². The quantitative estimate of drug-likeness (QED) is 0.852. The summed E-state index contributed by atoms with van der Waals surface area (Å²) in [5.41, 5.74) is 0. The zero-order valence-corrected chi connectivity index (χ0v) is 9.80. The van der Waals surface area contributed by atoms with Crippen molar-refractivity contribution in [2.24, 2.45) is 4.99 Å². The predicted molar refractivity (Wildman–Crippen MR) is 62.1 cm³/mol. The molecule has 1 N–H and O–H groups in total. The predicted octanol–water partition coefficient (Wildman–Crippen LogP) is 1.82. The normalized spacial score (nSPS) is 23.3. The van der Waals surface area contributed by atoms with Gasteiger partial charge >= 0.3 is 0 Å². The standard InChI is InChI=1S/C10H15N3OS/c1-3-8-4-11-9(14-8)5-12-10-13-7(2)6-15-10/h4,7H,3,5-6H2,1-2H3,(H,12,13). The highest BCUT2D eigenvalue weighted by Gasteiger charge is 2.15. The Bertz CT molecular complexity index is 361. The number of amidine groups is 1. The molecule has 0 aromatic carbocycles. The molecule has 1 aromatic rings. The second-order valence-electron chi connectivity index (χ2n) is 3.55. The lowest BCUT2D eigenvalue weighted by molar-refractivity contribution is 0.461. The highest BCUT2D eigenvalue weighted by molar-refractivity contribution is 8.14. The average molecular weight is 225 g/mol. The Hall–Kier alpha value is -0.970. The molecule has 0 radical (unpaired) electrons. The molecule has 1 atom stereocenters. The van der Waals surface area contributed by atoms with E-state index in [1.165, 1.54) is 0 Å². The molecule has 2 rings (SSSR count). The van der Waals surface area contributed by atoms with Crippen molar-refractivity contribution in [3.63, 3.8) is 0 Å². The number of aromatic nitrogens is 1. The van der Waals surface area contributed by atoms with Gasteiger partial charge in [0.2, 0.25) is 5.89 Å². The van der Waals surface area contributed by atoms with Gasteiger partial charge in [-0.2, -0.15) is 0 Å². The molecule has 0 saturated carbocycles. The summed E-state index contributed by atoms with van der Waals surface area (Å²) in [5.74, 6) is 2.71. The molecule has 2 heterocycles. The van der Waals surface area contributed by atoms with Crippen molar-refractivity contribution in [2.45, 2.75) is 32.9 Å². The van der Waals surface area contributed by atoms with Crippen LogP contribution in [0.25, 0.3) is 0 Å². The molecular formula is C10H15N3OS. The van der Waals surface area contributed by atoms with E-state index in [1.54, 1.807) is 18.0 Å². The van der Waals surface area contributed by atoms with Crippen molar-refractivity contribution in [1.29, 1.82) is 0 Å². The van der Waals surface area contributed by atoms with Gasteiger partial charge in [0, 0.05) is 18.2 Å². The fourth-order valence-corrected chi connectivity index (χ4v) is 2.24. The Morgan fingerprint density at radius 2 is 2.60 bits per heavy atom. The van der Waals surface area contributed by atoms with Gasteiger partial charge in [-0.05, 0) is 6.92 Å². The number of rotatable bonds is 3. The van der Waals surface area contributed by atoms with Crippen LogP contribution in [-0.4, -0.2) is 21.9 Å². The summed E-state index contributed by atoms with van der Waals surface area (Å²) in [6.45, 7) is 4.73. The smallest absolute Gasteiger partial charge is 0.216 e. The maximum atomic E-state index is 5.46. The SMILES string of the molecule is CCc1cnc(CN=C2NC(C)CS2)o1. The zero-order valence-electron chi connectivity index (χ0n) is 8.99. The number of nitrogens with one attached hydrogen (secondary N) is 1. The average Bonchev–Trinajstić information content (AvgIpc) is 2.83. The number of hydrogen-bond donors (Lipinski definition) is 1. The third-order valence-corrected chi connectivity index (χ3v) is 3.33. The Morgan fingerprint density at radius 1 is 1.73 bits per heavy atom. The Kier molecular flexibility index (Phi) is 3.30. The summed E-state index contributed by atoms with van der Waals surface area (Å²) in [5, 5.41) is 4.29. The van der Waals surface area contributed by atoms with Crippen LogP contribution in [0.2, 0.25) is 0 Å². The van der Waals surface area contributed by atoms with Gasteiger partial charge in [-0.15, -0.1) is 0 Å². The lowest BCUT2D eigenvalue weighted by atomic mass is 10.4. The van der Waals surface area contributed by atoms with Crippen LogP contribution in [-0.2, 0) is 13.0 Å². The summed E-state index contributed by atoms with van der Waals surface area (Å²) < 4.78 is 5.46. The van der Waals surface area contributed by atoms with Gasteiger partial charge in [-0.25, -0.2) is 4.98 Å². The molecule has 82 valence electrons. The van der Waals surface area contributed by atoms with Crippen molar-refractivity contribution >= 4 is 16.9 Å². The molecule has 1 unspecified atom stereocenters. The molecule has 5 heteroatoms. The number of nitrogens with zero attached hydrogens (tertiary/aromatic N) is 2. The van der Waals surface area contributed by atoms with E-state index in [1.807, 2.05) is 6.92 Å². The molecule has 0 spiro atoms. The molecule has 1 saturated heterocycles. The van der Waals surface area contributed by atoms with Gasteiger partial charge in [-0.1, -0.05) is 18.7 Å². The fraction of sp³-hybridized carbons (Fsp3) is 0.600. The Balaban J connectivity index is 1.92. The number of aryl methyl sites for hydroxylation is 1. The van der Waals surface area contributed by atoms with Gasteiger partial charge in [0.25, 0.3) is 0 Å². The second-order valence-corrected chi connectivity index (χ2v) is 4.56. The first-order chi connectivity index (χ1) is 7.28. The van der Waals surface area contributed by atoms with E-state index < -0.39 is 0 Å². The van der Waals surface area contributed by atoms with Gasteiger partial charge in [0.05, 0.1) is 6.20 Å². The number of aliphatic imine (C=N–C) groups is 1. The van der Waals surface area contributed by atoms with E-state index in [0.29, 0.717) is 18.5 Å². The molecule has 4 nitrogen and oxygen atoms in total. The summed E-state index contributed by atoms with van der Waals surface area (Å²) in [4.78, 5) is 8.56. The van der Waals surface area contributed by atoms with Crippen LogP contribution in [0, 0.1) is 0 Å². The van der Waals surface area contributed by atoms with Crippen LogP contribution in [0.3, 0.4) is 0 Å². The first-order valence-corrected chi connectivity index (χ1v) is 6.14. The largest absolute Gasteiger partial charge is 0.444 e. The molecule has 0 bridgehead atoms. The van der Waals surface area contributed by atoms with Gasteiger partial charge in [0.15, 0.2) is 5.17 Å². The summed E-state index contributed by atoms with van der Waals surface area (Å²) in [6.07, 6.45) is 2.65. The molecule has 0 amide bonds. The molecule has 15 heavy (non-hydrogen) atoms. The zero-order chi connectivity index (χ0) is 10.7. The molecule has 1 aromatic heterocycles. The molecule has 1 fully saturated rings. The third-order valence-electron chi connectivity index (χ3n) is 2.15.